The van der Waals surface area contributed by atoms with Crippen molar-refractivity contribution in [2.75, 3.05) is 11.0 Å². The van der Waals surface area contributed by atoms with Crippen molar-refractivity contribution < 1.29 is 13.5 Å². The van der Waals surface area contributed by atoms with Gasteiger partial charge in [-0.15, -0.1) is 0 Å². The van der Waals surface area contributed by atoms with Gasteiger partial charge >= 0.3 is 0 Å². The molecule has 2 rings (SSSR count). The van der Waals surface area contributed by atoms with Crippen LogP contribution in [0.1, 0.15) is 44.1 Å². The second-order valence-corrected chi connectivity index (χ2v) is 7.25. The van der Waals surface area contributed by atoms with Crippen LogP contribution >= 0.6 is 0 Å². The van der Waals surface area contributed by atoms with Gasteiger partial charge in [0.25, 0.3) is 0 Å². The van der Waals surface area contributed by atoms with E-state index in [2.05, 4.69) is 9.71 Å². The van der Waals surface area contributed by atoms with Gasteiger partial charge in [0.15, 0.2) is 0 Å². The molecule has 1 saturated carbocycles. The standard InChI is InChI=1S/C15H22N2O3S/c1-21(19,20)17-14-11-7-6-10-13(14)15(18)16-12-8-4-2-3-5-9-12/h6-7,10-12,17H,2-5,8-9H2,1H3,(H,16,18)/p-1. The van der Waals surface area contributed by atoms with Crippen molar-refractivity contribution in [3.63, 3.8) is 0 Å². The van der Waals surface area contributed by atoms with E-state index in [0.29, 0.717) is 11.3 Å². The third-order valence-electron chi connectivity index (χ3n) is 3.58. The number of nitrogens with zero attached hydrogens (tertiary/aromatic N) is 1. The average molecular weight is 309 g/mol. The maximum absolute atomic E-state index is 12.3. The van der Waals surface area contributed by atoms with E-state index in [1.165, 1.54) is 12.8 Å². The Morgan fingerprint density at radius 2 is 1.81 bits per heavy atom. The van der Waals surface area contributed by atoms with Gasteiger partial charge in [-0.05, 0) is 24.8 Å². The summed E-state index contributed by atoms with van der Waals surface area (Å²) in [6, 6.07) is 6.65. The number of sulfonamides is 1. The normalized spacial score (nSPS) is 18.2. The summed E-state index contributed by atoms with van der Waals surface area (Å²) < 4.78 is 25.1. The Balaban J connectivity index is 2.23. The second kappa shape index (κ2) is 6.93. The molecule has 0 saturated heterocycles. The van der Waals surface area contributed by atoms with Crippen LogP contribution in [0.15, 0.2) is 29.3 Å². The minimum Gasteiger partial charge on any atom is -0.858 e. The first-order valence-corrected chi connectivity index (χ1v) is 9.17. The number of nitrogens with one attached hydrogen (secondary N) is 1. The van der Waals surface area contributed by atoms with E-state index in [-0.39, 0.29) is 11.9 Å². The highest BCUT2D eigenvalue weighted by molar-refractivity contribution is 7.92. The van der Waals surface area contributed by atoms with Crippen molar-refractivity contribution in [3.8, 4) is 0 Å². The van der Waals surface area contributed by atoms with E-state index < -0.39 is 10.0 Å². The Bertz CT molecular complexity index is 603. The molecule has 0 aromatic heterocycles. The van der Waals surface area contributed by atoms with Gasteiger partial charge in [0.05, 0.1) is 11.9 Å². The van der Waals surface area contributed by atoms with Crippen molar-refractivity contribution >= 4 is 21.6 Å². The molecular formula is C15H21N2O3S-. The lowest BCUT2D eigenvalue weighted by atomic mass is 10.1. The zero-order chi connectivity index (χ0) is 15.3. The minimum absolute atomic E-state index is 0.0614. The van der Waals surface area contributed by atoms with Crippen LogP contribution in [0.5, 0.6) is 0 Å². The largest absolute Gasteiger partial charge is 0.858 e. The SMILES string of the molecule is CS(=O)(=O)Nc1ccccc1C([O-])=NC1CCCCCC1. The average Bonchev–Trinajstić information content (AvgIpc) is 2.66. The van der Waals surface area contributed by atoms with Gasteiger partial charge in [-0.1, -0.05) is 43.9 Å². The number of rotatable bonds is 4. The maximum atomic E-state index is 12.3. The summed E-state index contributed by atoms with van der Waals surface area (Å²) in [7, 11) is -3.42. The van der Waals surface area contributed by atoms with Gasteiger partial charge in [-0.2, -0.15) is 0 Å². The van der Waals surface area contributed by atoms with Gasteiger partial charge in [0.1, 0.15) is 0 Å². The zero-order valence-corrected chi connectivity index (χ0v) is 13.0. The van der Waals surface area contributed by atoms with Gasteiger partial charge in [0.2, 0.25) is 10.0 Å². The van der Waals surface area contributed by atoms with Crippen LogP contribution in [0.4, 0.5) is 5.69 Å². The molecule has 0 heterocycles. The molecule has 1 N–H and O–H groups in total. The lowest BCUT2D eigenvalue weighted by molar-refractivity contribution is -0.213. The zero-order valence-electron chi connectivity index (χ0n) is 12.2. The smallest absolute Gasteiger partial charge is 0.229 e. The third kappa shape index (κ3) is 5.04. The van der Waals surface area contributed by atoms with E-state index in [0.717, 1.165) is 31.9 Å². The topological polar surface area (TPSA) is 81.6 Å². The minimum atomic E-state index is -3.42. The summed E-state index contributed by atoms with van der Waals surface area (Å²) in [6.45, 7) is 0. The monoisotopic (exact) mass is 309 g/mol. The molecule has 21 heavy (non-hydrogen) atoms. The molecule has 1 fully saturated rings. The lowest BCUT2D eigenvalue weighted by Crippen LogP contribution is -2.24. The molecule has 0 unspecified atom stereocenters. The predicted octanol–water partition coefficient (Wildman–Crippen LogP) is 1.89. The third-order valence-corrected chi connectivity index (χ3v) is 4.17. The Morgan fingerprint density at radius 3 is 2.43 bits per heavy atom. The Kier molecular flexibility index (Phi) is 5.22. The van der Waals surface area contributed by atoms with Crippen LogP contribution in [0.25, 0.3) is 0 Å². The van der Waals surface area contributed by atoms with E-state index in [1.807, 2.05) is 0 Å². The molecule has 0 aliphatic heterocycles. The highest BCUT2D eigenvalue weighted by Gasteiger charge is 2.12. The van der Waals surface area contributed by atoms with Crippen molar-refractivity contribution in [2.45, 2.75) is 44.6 Å². The summed E-state index contributed by atoms with van der Waals surface area (Å²) in [5.41, 5.74) is 0.606. The van der Waals surface area contributed by atoms with Crippen molar-refractivity contribution in [1.82, 2.24) is 0 Å². The van der Waals surface area contributed by atoms with Crippen LogP contribution in [-0.2, 0) is 10.0 Å². The van der Waals surface area contributed by atoms with E-state index >= 15 is 0 Å². The van der Waals surface area contributed by atoms with Gasteiger partial charge in [0, 0.05) is 11.6 Å². The van der Waals surface area contributed by atoms with Gasteiger partial charge < -0.3 is 5.11 Å². The first kappa shape index (κ1) is 15.8. The van der Waals surface area contributed by atoms with Crippen molar-refractivity contribution in [3.05, 3.63) is 29.8 Å². The van der Waals surface area contributed by atoms with Crippen molar-refractivity contribution in [2.24, 2.45) is 4.99 Å². The van der Waals surface area contributed by atoms with Crippen LogP contribution < -0.4 is 9.83 Å². The summed E-state index contributed by atoms with van der Waals surface area (Å²) in [5.74, 6) is -0.339. The molecule has 0 radical (unpaired) electrons. The fraction of sp³-hybridized carbons (Fsp3) is 0.533. The molecule has 0 spiro atoms. The number of hydrogen-bond acceptors (Lipinski definition) is 4. The molecule has 1 aliphatic rings. The molecule has 1 aromatic rings. The lowest BCUT2D eigenvalue weighted by Gasteiger charge is -2.19. The molecule has 6 heteroatoms. The fourth-order valence-electron chi connectivity index (χ4n) is 2.58. The van der Waals surface area contributed by atoms with Crippen LogP contribution in [0.2, 0.25) is 0 Å². The van der Waals surface area contributed by atoms with E-state index in [9.17, 15) is 13.5 Å². The highest BCUT2D eigenvalue weighted by atomic mass is 32.2. The molecular weight excluding hydrogens is 288 g/mol. The van der Waals surface area contributed by atoms with Crippen LogP contribution in [0.3, 0.4) is 0 Å². The first-order chi connectivity index (χ1) is 9.96. The summed E-state index contributed by atoms with van der Waals surface area (Å²) in [5, 5.41) is 12.3. The summed E-state index contributed by atoms with van der Waals surface area (Å²) in [4.78, 5) is 4.28. The molecule has 0 amide bonds. The number of aliphatic imine (C=N–C) groups is 1. The molecule has 1 aromatic carbocycles. The molecule has 5 nitrogen and oxygen atoms in total. The van der Waals surface area contributed by atoms with Gasteiger partial charge in [-0.3, -0.25) is 9.71 Å². The Morgan fingerprint density at radius 1 is 1.19 bits per heavy atom. The summed E-state index contributed by atoms with van der Waals surface area (Å²) in [6.07, 6.45) is 7.55. The predicted molar refractivity (Wildman–Crippen MR) is 82.9 cm³/mol. The molecule has 0 bridgehead atoms. The van der Waals surface area contributed by atoms with Crippen LogP contribution in [0, 0.1) is 0 Å². The second-order valence-electron chi connectivity index (χ2n) is 5.50. The van der Waals surface area contributed by atoms with Crippen molar-refractivity contribution in [1.29, 1.82) is 0 Å². The number of hydrogen-bond donors (Lipinski definition) is 1. The number of benzene rings is 1. The highest BCUT2D eigenvalue weighted by Crippen LogP contribution is 2.21. The van der Waals surface area contributed by atoms with E-state index in [4.69, 9.17) is 0 Å². The maximum Gasteiger partial charge on any atom is 0.229 e. The number of anilines is 1. The molecule has 0 atom stereocenters. The van der Waals surface area contributed by atoms with Crippen LogP contribution in [-0.4, -0.2) is 26.6 Å². The Hall–Kier alpha value is -1.56. The fourth-order valence-corrected chi connectivity index (χ4v) is 3.16. The molecule has 116 valence electrons. The first-order valence-electron chi connectivity index (χ1n) is 7.28. The van der Waals surface area contributed by atoms with Gasteiger partial charge in [-0.25, -0.2) is 8.42 Å². The summed E-state index contributed by atoms with van der Waals surface area (Å²) >= 11 is 0. The van der Waals surface area contributed by atoms with E-state index in [1.54, 1.807) is 24.3 Å². The quantitative estimate of drug-likeness (QED) is 0.524. The Labute approximate surface area is 126 Å². The number of para-hydroxylation sites is 1. The molecule has 1 aliphatic carbocycles.